The molecule has 0 atom stereocenters. The van der Waals surface area contributed by atoms with E-state index in [2.05, 4.69) is 23.1 Å². The molecule has 0 aliphatic heterocycles. The van der Waals surface area contributed by atoms with Crippen molar-refractivity contribution in [2.75, 3.05) is 0 Å². The summed E-state index contributed by atoms with van der Waals surface area (Å²) in [5.74, 6) is 0.226. The first-order valence-corrected chi connectivity index (χ1v) is 8.67. The Bertz CT molecular complexity index is 1070. The van der Waals surface area contributed by atoms with Crippen molar-refractivity contribution in [1.29, 1.82) is 0 Å². The quantitative estimate of drug-likeness (QED) is 0.704. The highest BCUT2D eigenvalue weighted by Gasteiger charge is 2.13. The smallest absolute Gasteiger partial charge is 0.126 e. The number of aliphatic hydroxyl groups is 1. The SMILES string of the molecule is C=C/C=C\c1c(-c2csc(-c3c/c(=C(/C)O)cnc3=C)n2)c[nH]c1C. The lowest BCUT2D eigenvalue weighted by atomic mass is 10.1. The number of aromatic amines is 1. The maximum absolute atomic E-state index is 9.71. The molecule has 0 spiro atoms. The molecule has 3 heterocycles. The summed E-state index contributed by atoms with van der Waals surface area (Å²) in [6, 6.07) is 1.87. The van der Waals surface area contributed by atoms with Crippen molar-refractivity contribution in [3.63, 3.8) is 0 Å². The highest BCUT2D eigenvalue weighted by Crippen LogP contribution is 2.31. The number of aromatic nitrogens is 3. The third kappa shape index (κ3) is 3.32. The fourth-order valence-corrected chi connectivity index (χ4v) is 3.38. The van der Waals surface area contributed by atoms with E-state index in [0.29, 0.717) is 10.6 Å². The first-order chi connectivity index (χ1) is 12.0. The van der Waals surface area contributed by atoms with Gasteiger partial charge >= 0.3 is 0 Å². The second-order valence-corrected chi connectivity index (χ2v) is 6.54. The van der Waals surface area contributed by atoms with Gasteiger partial charge in [0, 0.05) is 45.4 Å². The van der Waals surface area contributed by atoms with Crippen LogP contribution in [0.25, 0.3) is 40.2 Å². The number of rotatable bonds is 4. The minimum atomic E-state index is 0.226. The predicted molar refractivity (Wildman–Crippen MR) is 106 cm³/mol. The summed E-state index contributed by atoms with van der Waals surface area (Å²) in [6.07, 6.45) is 9.26. The molecule has 2 N–H and O–H groups in total. The second-order valence-electron chi connectivity index (χ2n) is 5.68. The molecule has 0 saturated heterocycles. The molecule has 0 fully saturated rings. The van der Waals surface area contributed by atoms with Gasteiger partial charge in [-0.1, -0.05) is 31.4 Å². The third-order valence-electron chi connectivity index (χ3n) is 3.92. The lowest BCUT2D eigenvalue weighted by molar-refractivity contribution is 0.498. The Balaban J connectivity index is 2.10. The van der Waals surface area contributed by atoms with Gasteiger partial charge in [-0.25, -0.2) is 4.98 Å². The summed E-state index contributed by atoms with van der Waals surface area (Å²) in [6.45, 7) is 11.4. The number of aryl methyl sites for hydroxylation is 1. The van der Waals surface area contributed by atoms with Crippen LogP contribution in [0.5, 0.6) is 0 Å². The summed E-state index contributed by atoms with van der Waals surface area (Å²) >= 11 is 1.53. The zero-order valence-electron chi connectivity index (χ0n) is 14.2. The van der Waals surface area contributed by atoms with Crippen LogP contribution in [-0.4, -0.2) is 20.1 Å². The number of thiazole rings is 1. The Morgan fingerprint density at radius 2 is 2.16 bits per heavy atom. The molecule has 25 heavy (non-hydrogen) atoms. The van der Waals surface area contributed by atoms with Crippen LogP contribution in [0, 0.1) is 6.92 Å². The van der Waals surface area contributed by atoms with E-state index in [4.69, 9.17) is 4.98 Å². The molecule has 3 aromatic rings. The molecule has 5 heteroatoms. The fraction of sp³-hybridized carbons (Fsp3) is 0.100. The van der Waals surface area contributed by atoms with Crippen LogP contribution in [0.3, 0.4) is 0 Å². The van der Waals surface area contributed by atoms with Gasteiger partial charge < -0.3 is 10.1 Å². The average Bonchev–Trinajstić information content (AvgIpc) is 3.20. The monoisotopic (exact) mass is 349 g/mol. The lowest BCUT2D eigenvalue weighted by Gasteiger charge is -1.99. The molecule has 0 aliphatic carbocycles. The lowest BCUT2D eigenvalue weighted by Crippen LogP contribution is -2.16. The molecule has 0 radical (unpaired) electrons. The van der Waals surface area contributed by atoms with E-state index in [1.807, 2.05) is 36.7 Å². The number of hydrogen-bond acceptors (Lipinski definition) is 4. The molecule has 0 saturated carbocycles. The Morgan fingerprint density at radius 1 is 1.36 bits per heavy atom. The third-order valence-corrected chi connectivity index (χ3v) is 4.80. The van der Waals surface area contributed by atoms with Crippen molar-refractivity contribution in [1.82, 2.24) is 15.0 Å². The first kappa shape index (κ1) is 16.9. The molecule has 0 aliphatic rings. The van der Waals surface area contributed by atoms with Gasteiger partial charge in [0.05, 0.1) is 16.8 Å². The molecular formula is C20H19N3OS. The van der Waals surface area contributed by atoms with E-state index in [1.165, 1.54) is 11.3 Å². The predicted octanol–water partition coefficient (Wildman–Crippen LogP) is 3.80. The zero-order valence-corrected chi connectivity index (χ0v) is 15.0. The van der Waals surface area contributed by atoms with Crippen LogP contribution in [0.1, 0.15) is 18.2 Å². The Morgan fingerprint density at radius 3 is 2.88 bits per heavy atom. The molecule has 0 unspecified atom stereocenters. The minimum Gasteiger partial charge on any atom is -0.512 e. The highest BCUT2D eigenvalue weighted by molar-refractivity contribution is 7.13. The van der Waals surface area contributed by atoms with Crippen molar-refractivity contribution >= 4 is 29.8 Å². The Hall–Kier alpha value is -2.92. The summed E-state index contributed by atoms with van der Waals surface area (Å²) in [4.78, 5) is 12.3. The standard InChI is InChI=1S/C20H19N3OS/c1-5-6-7-16-12(2)22-10-18(16)19-11-25-20(23-19)17-8-15(14(4)24)9-21-13(17)3/h5-11,22,24H,1,3H2,2,4H3/b7-6-,15-14+. The fourth-order valence-electron chi connectivity index (χ4n) is 2.53. The highest BCUT2D eigenvalue weighted by atomic mass is 32.1. The first-order valence-electron chi connectivity index (χ1n) is 7.79. The van der Waals surface area contributed by atoms with Gasteiger partial charge in [-0.2, -0.15) is 0 Å². The van der Waals surface area contributed by atoms with Gasteiger partial charge in [-0.3, -0.25) is 4.98 Å². The van der Waals surface area contributed by atoms with Crippen molar-refractivity contribution in [2.45, 2.75) is 13.8 Å². The van der Waals surface area contributed by atoms with Crippen LogP contribution in [0.15, 0.2) is 42.6 Å². The molecule has 0 bridgehead atoms. The summed E-state index contributed by atoms with van der Waals surface area (Å²) < 4.78 is 0. The van der Waals surface area contributed by atoms with Gasteiger partial charge in [-0.15, -0.1) is 11.3 Å². The summed E-state index contributed by atoms with van der Waals surface area (Å²) in [5.41, 5.74) is 4.94. The van der Waals surface area contributed by atoms with E-state index >= 15 is 0 Å². The molecule has 3 rings (SSSR count). The normalized spacial score (nSPS) is 12.6. The summed E-state index contributed by atoms with van der Waals surface area (Å²) in [5, 5.41) is 13.9. The van der Waals surface area contributed by atoms with E-state index in [-0.39, 0.29) is 5.76 Å². The van der Waals surface area contributed by atoms with Gasteiger partial charge in [0.2, 0.25) is 0 Å². The van der Waals surface area contributed by atoms with Crippen LogP contribution < -0.4 is 10.6 Å². The largest absolute Gasteiger partial charge is 0.512 e. The van der Waals surface area contributed by atoms with E-state index in [9.17, 15) is 5.11 Å². The number of hydrogen-bond donors (Lipinski definition) is 2. The molecular weight excluding hydrogens is 330 g/mol. The van der Waals surface area contributed by atoms with E-state index in [1.54, 1.807) is 19.2 Å². The van der Waals surface area contributed by atoms with Crippen molar-refractivity contribution in [3.8, 4) is 21.8 Å². The maximum Gasteiger partial charge on any atom is 0.126 e. The van der Waals surface area contributed by atoms with Crippen molar-refractivity contribution < 1.29 is 5.11 Å². The summed E-state index contributed by atoms with van der Waals surface area (Å²) in [7, 11) is 0. The van der Waals surface area contributed by atoms with Crippen LogP contribution >= 0.6 is 11.3 Å². The van der Waals surface area contributed by atoms with Crippen molar-refractivity contribution in [3.05, 3.63) is 64.4 Å². The second kappa shape index (κ2) is 6.91. The molecule has 0 aromatic carbocycles. The van der Waals surface area contributed by atoms with Gasteiger partial charge in [0.1, 0.15) is 5.01 Å². The topological polar surface area (TPSA) is 61.8 Å². The van der Waals surface area contributed by atoms with Gasteiger partial charge in [0.15, 0.2) is 0 Å². The molecule has 3 aromatic heterocycles. The molecule has 4 nitrogen and oxygen atoms in total. The van der Waals surface area contributed by atoms with Crippen LogP contribution in [0.4, 0.5) is 0 Å². The minimum absolute atomic E-state index is 0.226. The number of H-pyrrole nitrogens is 1. The number of allylic oxidation sites excluding steroid dienone is 2. The number of aliphatic hydroxyl groups excluding tert-OH is 1. The number of pyridine rings is 1. The van der Waals surface area contributed by atoms with Crippen LogP contribution in [0.2, 0.25) is 0 Å². The van der Waals surface area contributed by atoms with Crippen LogP contribution in [-0.2, 0) is 0 Å². The zero-order chi connectivity index (χ0) is 18.0. The molecule has 126 valence electrons. The number of nitrogens with zero attached hydrogens (tertiary/aromatic N) is 2. The Kier molecular flexibility index (Phi) is 4.67. The van der Waals surface area contributed by atoms with Gasteiger partial charge in [-0.05, 0) is 19.9 Å². The Labute approximate surface area is 150 Å². The van der Waals surface area contributed by atoms with Crippen molar-refractivity contribution in [2.24, 2.45) is 0 Å². The van der Waals surface area contributed by atoms with E-state index in [0.717, 1.165) is 33.1 Å². The maximum atomic E-state index is 9.71. The van der Waals surface area contributed by atoms with Gasteiger partial charge in [0.25, 0.3) is 0 Å². The molecule has 0 amide bonds. The van der Waals surface area contributed by atoms with E-state index < -0.39 is 0 Å². The average molecular weight is 349 g/mol. The number of nitrogens with one attached hydrogen (secondary N) is 1.